The predicted molar refractivity (Wildman–Crippen MR) is 240 cm³/mol. The summed E-state index contributed by atoms with van der Waals surface area (Å²) in [5.74, 6) is 0. The van der Waals surface area contributed by atoms with Crippen molar-refractivity contribution in [3.8, 4) is 16.8 Å². The molecule has 9 aromatic carbocycles. The van der Waals surface area contributed by atoms with E-state index in [9.17, 15) is 0 Å². The highest BCUT2D eigenvalue weighted by atomic mass is 16.3. The van der Waals surface area contributed by atoms with Crippen LogP contribution in [0.2, 0.25) is 0 Å². The van der Waals surface area contributed by atoms with Gasteiger partial charge < -0.3 is 13.9 Å². The topological polar surface area (TPSA) is 21.3 Å². The van der Waals surface area contributed by atoms with Gasteiger partial charge in [-0.25, -0.2) is 0 Å². The first kappa shape index (κ1) is 32.6. The minimum Gasteiger partial charge on any atom is -0.456 e. The molecular weight excluding hydrogens is 705 g/mol. The molecule has 11 aromatic rings. The molecule has 12 rings (SSSR count). The van der Waals surface area contributed by atoms with E-state index in [1.54, 1.807) is 0 Å². The van der Waals surface area contributed by atoms with Crippen LogP contribution >= 0.6 is 0 Å². The predicted octanol–water partition coefficient (Wildman–Crippen LogP) is 14.5. The second-order valence-electron chi connectivity index (χ2n) is 15.2. The Morgan fingerprint density at radius 3 is 1.66 bits per heavy atom. The van der Waals surface area contributed by atoms with Gasteiger partial charge in [-0.3, -0.25) is 0 Å². The van der Waals surface area contributed by atoms with Crippen molar-refractivity contribution in [3.05, 3.63) is 241 Å². The van der Waals surface area contributed by atoms with E-state index in [2.05, 4.69) is 216 Å². The summed E-state index contributed by atoms with van der Waals surface area (Å²) in [5, 5.41) is 4.71. The number of fused-ring (bicyclic) bond motifs is 9. The van der Waals surface area contributed by atoms with Crippen molar-refractivity contribution in [2.24, 2.45) is 0 Å². The molecule has 1 aliphatic carbocycles. The van der Waals surface area contributed by atoms with Crippen molar-refractivity contribution >= 4 is 60.8 Å². The molecule has 2 heterocycles. The Hall–Kier alpha value is -7.62. The van der Waals surface area contributed by atoms with Gasteiger partial charge in [0.25, 0.3) is 0 Å². The fraction of sp³-hybridized carbons (Fsp3) is 0.0182. The minimum absolute atomic E-state index is 0.513. The van der Waals surface area contributed by atoms with Gasteiger partial charge in [0.1, 0.15) is 11.2 Å². The first-order valence-electron chi connectivity index (χ1n) is 19.9. The zero-order chi connectivity index (χ0) is 38.2. The summed E-state index contributed by atoms with van der Waals surface area (Å²) in [6.07, 6.45) is 0. The smallest absolute Gasteiger partial charge is 0.135 e. The number of aromatic nitrogens is 1. The summed E-state index contributed by atoms with van der Waals surface area (Å²) in [6, 6.07) is 79.3. The standard InChI is InChI=1S/C55H36N2O/c1-3-16-37(17-4-1)55(38-18-5-2-6-19-38)47-24-11-7-23-45(47)54-48(55)25-15-28-51(54)56(41-34-35-53-46(36-41)44-22-10-14-29-52(44)58-53)39-30-32-40(33-31-39)57-49-26-12-8-20-42(49)43-21-9-13-27-50(43)57/h1-36H. The summed E-state index contributed by atoms with van der Waals surface area (Å²) in [6.45, 7) is 0. The highest BCUT2D eigenvalue weighted by Gasteiger charge is 2.47. The molecule has 0 bridgehead atoms. The molecule has 0 radical (unpaired) electrons. The van der Waals surface area contributed by atoms with E-state index in [1.165, 1.54) is 55.2 Å². The second kappa shape index (κ2) is 12.7. The number of benzene rings is 9. The van der Waals surface area contributed by atoms with Crippen LogP contribution in [0.5, 0.6) is 0 Å². The molecule has 3 nitrogen and oxygen atoms in total. The lowest BCUT2D eigenvalue weighted by Crippen LogP contribution is -2.28. The quantitative estimate of drug-likeness (QED) is 0.169. The molecule has 0 saturated heterocycles. The van der Waals surface area contributed by atoms with Crippen LogP contribution in [0.25, 0.3) is 60.6 Å². The van der Waals surface area contributed by atoms with Gasteiger partial charge in [-0.15, -0.1) is 0 Å². The van der Waals surface area contributed by atoms with Crippen molar-refractivity contribution < 1.29 is 4.42 Å². The number of rotatable bonds is 6. The third-order valence-corrected chi connectivity index (χ3v) is 12.3. The Morgan fingerprint density at radius 1 is 0.397 bits per heavy atom. The molecule has 1 aliphatic rings. The summed E-state index contributed by atoms with van der Waals surface area (Å²) in [4.78, 5) is 2.44. The number of para-hydroxylation sites is 3. The highest BCUT2D eigenvalue weighted by Crippen LogP contribution is 2.59. The number of nitrogens with zero attached hydrogens (tertiary/aromatic N) is 2. The molecule has 0 fully saturated rings. The van der Waals surface area contributed by atoms with Crippen LogP contribution in [0.1, 0.15) is 22.3 Å². The fourth-order valence-corrected chi connectivity index (χ4v) is 9.89. The van der Waals surface area contributed by atoms with Crippen LogP contribution in [-0.2, 0) is 5.41 Å². The van der Waals surface area contributed by atoms with E-state index in [4.69, 9.17) is 4.42 Å². The molecule has 0 atom stereocenters. The molecule has 0 saturated carbocycles. The van der Waals surface area contributed by atoms with Gasteiger partial charge in [-0.05, 0) is 94.5 Å². The minimum atomic E-state index is -0.513. The molecule has 272 valence electrons. The second-order valence-corrected chi connectivity index (χ2v) is 15.2. The fourth-order valence-electron chi connectivity index (χ4n) is 9.89. The van der Waals surface area contributed by atoms with E-state index in [0.717, 1.165) is 44.7 Å². The number of furan rings is 1. The lowest BCUT2D eigenvalue weighted by atomic mass is 9.68. The molecule has 2 aromatic heterocycles. The van der Waals surface area contributed by atoms with E-state index in [-0.39, 0.29) is 0 Å². The molecule has 3 heteroatoms. The maximum absolute atomic E-state index is 6.35. The zero-order valence-electron chi connectivity index (χ0n) is 31.6. The van der Waals surface area contributed by atoms with E-state index < -0.39 is 5.41 Å². The third kappa shape index (κ3) is 4.62. The molecular formula is C55H36N2O. The number of hydrogen-bond donors (Lipinski definition) is 0. The average Bonchev–Trinajstić information content (AvgIpc) is 3.94. The Morgan fingerprint density at radius 2 is 0.948 bits per heavy atom. The SMILES string of the molecule is c1ccc(C2(c3ccccc3)c3ccccc3-c3c(N(c4ccc(-n5c6ccccc6c6ccccc65)cc4)c4ccc5oc6ccccc6c5c4)cccc32)cc1. The van der Waals surface area contributed by atoms with Gasteiger partial charge in [-0.2, -0.15) is 0 Å². The third-order valence-electron chi connectivity index (χ3n) is 12.3. The number of hydrogen-bond acceptors (Lipinski definition) is 2. The van der Waals surface area contributed by atoms with E-state index >= 15 is 0 Å². The summed E-state index contributed by atoms with van der Waals surface area (Å²) >= 11 is 0. The largest absolute Gasteiger partial charge is 0.456 e. The summed E-state index contributed by atoms with van der Waals surface area (Å²) < 4.78 is 8.73. The Labute approximate surface area is 336 Å². The van der Waals surface area contributed by atoms with Crippen LogP contribution < -0.4 is 4.90 Å². The lowest BCUT2D eigenvalue weighted by molar-refractivity contribution is 0.669. The van der Waals surface area contributed by atoms with Crippen molar-refractivity contribution in [2.45, 2.75) is 5.41 Å². The van der Waals surface area contributed by atoms with E-state index in [0.29, 0.717) is 0 Å². The Kier molecular flexibility index (Phi) is 7.14. The van der Waals surface area contributed by atoms with Crippen molar-refractivity contribution in [2.75, 3.05) is 4.90 Å². The Bertz CT molecular complexity index is 3250. The highest BCUT2D eigenvalue weighted by molar-refractivity contribution is 6.10. The molecule has 0 aliphatic heterocycles. The summed E-state index contributed by atoms with van der Waals surface area (Å²) in [5.41, 5.74) is 15.5. The van der Waals surface area contributed by atoms with Crippen LogP contribution in [-0.4, -0.2) is 4.57 Å². The van der Waals surface area contributed by atoms with Gasteiger partial charge in [0.2, 0.25) is 0 Å². The van der Waals surface area contributed by atoms with Crippen molar-refractivity contribution in [3.63, 3.8) is 0 Å². The van der Waals surface area contributed by atoms with Crippen LogP contribution in [0.15, 0.2) is 223 Å². The molecule has 58 heavy (non-hydrogen) atoms. The van der Waals surface area contributed by atoms with Gasteiger partial charge in [0, 0.05) is 44.2 Å². The maximum Gasteiger partial charge on any atom is 0.135 e. The summed E-state index contributed by atoms with van der Waals surface area (Å²) in [7, 11) is 0. The molecule has 0 spiro atoms. The van der Waals surface area contributed by atoms with Crippen LogP contribution in [0.4, 0.5) is 17.1 Å². The van der Waals surface area contributed by atoms with Crippen molar-refractivity contribution in [1.82, 2.24) is 4.57 Å². The normalized spacial score (nSPS) is 13.0. The maximum atomic E-state index is 6.35. The first-order valence-corrected chi connectivity index (χ1v) is 19.9. The lowest BCUT2D eigenvalue weighted by Gasteiger charge is -2.34. The van der Waals surface area contributed by atoms with Crippen molar-refractivity contribution in [1.29, 1.82) is 0 Å². The Balaban J connectivity index is 1.13. The van der Waals surface area contributed by atoms with Gasteiger partial charge in [-0.1, -0.05) is 152 Å². The molecule has 0 amide bonds. The van der Waals surface area contributed by atoms with Gasteiger partial charge >= 0.3 is 0 Å². The average molecular weight is 741 g/mol. The number of anilines is 3. The first-order chi connectivity index (χ1) is 28.8. The zero-order valence-corrected chi connectivity index (χ0v) is 31.6. The monoisotopic (exact) mass is 740 g/mol. The van der Waals surface area contributed by atoms with Crippen LogP contribution in [0.3, 0.4) is 0 Å². The van der Waals surface area contributed by atoms with Crippen LogP contribution in [0, 0.1) is 0 Å². The molecule has 0 unspecified atom stereocenters. The molecule has 0 N–H and O–H groups in total. The van der Waals surface area contributed by atoms with Gasteiger partial charge in [0.15, 0.2) is 0 Å². The van der Waals surface area contributed by atoms with E-state index in [1.807, 2.05) is 12.1 Å². The van der Waals surface area contributed by atoms with Gasteiger partial charge in [0.05, 0.1) is 22.1 Å².